The van der Waals surface area contributed by atoms with E-state index in [9.17, 15) is 0 Å². The maximum atomic E-state index is 5.23. The lowest BCUT2D eigenvalue weighted by Gasteiger charge is -2.08. The van der Waals surface area contributed by atoms with Crippen LogP contribution in [-0.4, -0.2) is 21.2 Å². The Hall–Kier alpha value is -2.64. The van der Waals surface area contributed by atoms with E-state index in [4.69, 9.17) is 9.73 Å². The molecule has 0 N–H and O–H groups in total. The number of hydrogen-bond acceptors (Lipinski definition) is 5. The van der Waals surface area contributed by atoms with Gasteiger partial charge in [0.15, 0.2) is 4.80 Å². The van der Waals surface area contributed by atoms with Gasteiger partial charge in [0.2, 0.25) is 0 Å². The van der Waals surface area contributed by atoms with Gasteiger partial charge >= 0.3 is 0 Å². The van der Waals surface area contributed by atoms with Crippen LogP contribution in [0.4, 0.5) is 5.69 Å². The first kappa shape index (κ1) is 17.8. The molecule has 4 rings (SSSR count). The smallest absolute Gasteiger partial charge is 0.190 e. The molecule has 0 radical (unpaired) electrons. The van der Waals surface area contributed by atoms with Crippen molar-refractivity contribution in [2.24, 2.45) is 4.99 Å². The first-order valence-electron chi connectivity index (χ1n) is 8.70. The number of methoxy groups -OCH3 is 1. The van der Waals surface area contributed by atoms with Crippen LogP contribution >= 0.6 is 22.7 Å². The highest BCUT2D eigenvalue weighted by Crippen LogP contribution is 2.26. The van der Waals surface area contributed by atoms with Crippen LogP contribution in [0.15, 0.2) is 70.9 Å². The molecule has 0 amide bonds. The SMILES string of the molecule is COc1ccc(N=c2scc(-c3cccs3)n2CCCn2ccnc2)cc1. The second-order valence-corrected chi connectivity index (χ2v) is 7.78. The number of aromatic nitrogens is 3. The number of thiazole rings is 1. The molecule has 0 saturated carbocycles. The second kappa shape index (κ2) is 8.37. The molecular weight excluding hydrogens is 376 g/mol. The molecule has 0 aliphatic rings. The molecule has 0 saturated heterocycles. The fourth-order valence-corrected chi connectivity index (χ4v) is 4.63. The van der Waals surface area contributed by atoms with Crippen LogP contribution in [0.2, 0.25) is 0 Å². The van der Waals surface area contributed by atoms with E-state index in [2.05, 4.69) is 37.0 Å². The van der Waals surface area contributed by atoms with Gasteiger partial charge in [0.05, 0.1) is 29.7 Å². The molecule has 0 spiro atoms. The van der Waals surface area contributed by atoms with Gasteiger partial charge in [-0.3, -0.25) is 0 Å². The van der Waals surface area contributed by atoms with Crippen molar-refractivity contribution in [3.63, 3.8) is 0 Å². The summed E-state index contributed by atoms with van der Waals surface area (Å²) in [7, 11) is 1.67. The Kier molecular flexibility index (Phi) is 5.50. The molecule has 27 heavy (non-hydrogen) atoms. The zero-order valence-electron chi connectivity index (χ0n) is 15.0. The minimum absolute atomic E-state index is 0.840. The predicted molar refractivity (Wildman–Crippen MR) is 111 cm³/mol. The van der Waals surface area contributed by atoms with Crippen LogP contribution in [0.3, 0.4) is 0 Å². The zero-order chi connectivity index (χ0) is 18.5. The maximum absolute atomic E-state index is 5.23. The largest absolute Gasteiger partial charge is 0.497 e. The topological polar surface area (TPSA) is 44.3 Å². The summed E-state index contributed by atoms with van der Waals surface area (Å²) in [4.78, 5) is 11.3. The van der Waals surface area contributed by atoms with Crippen molar-refractivity contribution < 1.29 is 4.74 Å². The van der Waals surface area contributed by atoms with Crippen molar-refractivity contribution in [1.29, 1.82) is 0 Å². The summed E-state index contributed by atoms with van der Waals surface area (Å²) in [6.45, 7) is 1.85. The quantitative estimate of drug-likeness (QED) is 0.450. The molecular formula is C20H20N4OS2. The van der Waals surface area contributed by atoms with Gasteiger partial charge in [-0.05, 0) is 42.1 Å². The molecule has 7 heteroatoms. The summed E-state index contributed by atoms with van der Waals surface area (Å²) in [6, 6.07) is 12.1. The average Bonchev–Trinajstić information content (AvgIpc) is 3.45. The predicted octanol–water partition coefficient (Wildman–Crippen LogP) is 4.81. The van der Waals surface area contributed by atoms with Gasteiger partial charge in [0, 0.05) is 30.9 Å². The number of imidazole rings is 1. The molecule has 3 aromatic heterocycles. The van der Waals surface area contributed by atoms with Crippen molar-refractivity contribution in [2.75, 3.05) is 7.11 Å². The molecule has 0 unspecified atom stereocenters. The lowest BCUT2D eigenvalue weighted by atomic mass is 10.3. The van der Waals surface area contributed by atoms with Crippen LogP contribution < -0.4 is 9.54 Å². The second-order valence-electron chi connectivity index (χ2n) is 6.00. The van der Waals surface area contributed by atoms with E-state index < -0.39 is 0 Å². The summed E-state index contributed by atoms with van der Waals surface area (Å²) in [6.07, 6.45) is 6.70. The Balaban J connectivity index is 1.64. The third-order valence-corrected chi connectivity index (χ3v) is 5.98. The minimum Gasteiger partial charge on any atom is -0.497 e. The van der Waals surface area contributed by atoms with Gasteiger partial charge in [-0.25, -0.2) is 9.98 Å². The van der Waals surface area contributed by atoms with Gasteiger partial charge in [0.25, 0.3) is 0 Å². The number of hydrogen-bond donors (Lipinski definition) is 0. The molecule has 1 aromatic carbocycles. The van der Waals surface area contributed by atoms with Crippen molar-refractivity contribution in [1.82, 2.24) is 14.1 Å². The molecule has 4 aromatic rings. The Morgan fingerprint density at radius 3 is 2.70 bits per heavy atom. The third kappa shape index (κ3) is 4.20. The highest BCUT2D eigenvalue weighted by molar-refractivity contribution is 7.14. The van der Waals surface area contributed by atoms with E-state index in [-0.39, 0.29) is 0 Å². The van der Waals surface area contributed by atoms with Gasteiger partial charge in [-0.2, -0.15) is 0 Å². The van der Waals surface area contributed by atoms with Gasteiger partial charge in [-0.1, -0.05) is 6.07 Å². The minimum atomic E-state index is 0.840. The average molecular weight is 397 g/mol. The van der Waals surface area contributed by atoms with E-state index in [0.29, 0.717) is 0 Å². The Bertz CT molecular complexity index is 1030. The van der Waals surface area contributed by atoms with E-state index >= 15 is 0 Å². The highest BCUT2D eigenvalue weighted by Gasteiger charge is 2.09. The number of thiophene rings is 1. The Morgan fingerprint density at radius 2 is 2.00 bits per heavy atom. The van der Waals surface area contributed by atoms with Crippen LogP contribution in [-0.2, 0) is 13.1 Å². The van der Waals surface area contributed by atoms with Crippen LogP contribution in [0.25, 0.3) is 10.6 Å². The van der Waals surface area contributed by atoms with E-state index in [1.54, 1.807) is 29.8 Å². The van der Waals surface area contributed by atoms with E-state index in [1.807, 2.05) is 43.0 Å². The van der Waals surface area contributed by atoms with Crippen molar-refractivity contribution in [3.8, 4) is 16.3 Å². The van der Waals surface area contributed by atoms with Crippen molar-refractivity contribution in [3.05, 3.63) is 70.7 Å². The number of nitrogens with zero attached hydrogens (tertiary/aromatic N) is 4. The molecule has 0 aliphatic heterocycles. The summed E-state index contributed by atoms with van der Waals surface area (Å²) in [5.41, 5.74) is 2.16. The molecule has 0 fully saturated rings. The molecule has 0 atom stereocenters. The van der Waals surface area contributed by atoms with Crippen molar-refractivity contribution in [2.45, 2.75) is 19.5 Å². The van der Waals surface area contributed by atoms with Gasteiger partial charge in [-0.15, -0.1) is 22.7 Å². The number of ether oxygens (including phenoxy) is 1. The highest BCUT2D eigenvalue weighted by atomic mass is 32.1. The van der Waals surface area contributed by atoms with Crippen LogP contribution in [0, 0.1) is 0 Å². The van der Waals surface area contributed by atoms with E-state index in [1.165, 1.54) is 10.6 Å². The first-order valence-corrected chi connectivity index (χ1v) is 10.5. The van der Waals surface area contributed by atoms with Crippen molar-refractivity contribution >= 4 is 28.4 Å². The Labute approximate surface area is 165 Å². The Morgan fingerprint density at radius 1 is 1.11 bits per heavy atom. The molecule has 5 nitrogen and oxygen atoms in total. The normalized spacial score (nSPS) is 11.8. The third-order valence-electron chi connectivity index (χ3n) is 4.23. The van der Waals surface area contributed by atoms with Crippen LogP contribution in [0.5, 0.6) is 5.75 Å². The van der Waals surface area contributed by atoms with Crippen LogP contribution in [0.1, 0.15) is 6.42 Å². The van der Waals surface area contributed by atoms with Gasteiger partial charge in [0.1, 0.15) is 5.75 Å². The molecule has 0 bridgehead atoms. The summed E-state index contributed by atoms with van der Waals surface area (Å²) >= 11 is 3.44. The molecule has 3 heterocycles. The summed E-state index contributed by atoms with van der Waals surface area (Å²) < 4.78 is 9.66. The zero-order valence-corrected chi connectivity index (χ0v) is 16.6. The standard InChI is InChI=1S/C20H20N4OS2/c1-25-17-7-5-16(6-8-17)22-20-24(11-3-10-23-12-9-21-15-23)18(14-27-20)19-4-2-13-26-19/h2,4-9,12-15H,3,10-11H2,1H3. The number of aryl methyl sites for hydroxylation is 1. The summed E-state index contributed by atoms with van der Waals surface area (Å²) in [5.74, 6) is 0.840. The lowest BCUT2D eigenvalue weighted by molar-refractivity contribution is 0.415. The number of rotatable bonds is 7. The fraction of sp³-hybridized carbons (Fsp3) is 0.200. The summed E-state index contributed by atoms with van der Waals surface area (Å²) in [5, 5.41) is 4.31. The monoisotopic (exact) mass is 396 g/mol. The van der Waals surface area contributed by atoms with E-state index in [0.717, 1.165) is 35.7 Å². The number of benzene rings is 1. The lowest BCUT2D eigenvalue weighted by Crippen LogP contribution is -2.16. The molecule has 138 valence electrons. The fourth-order valence-electron chi connectivity index (χ4n) is 2.85. The first-order chi connectivity index (χ1) is 13.3. The molecule has 0 aliphatic carbocycles. The maximum Gasteiger partial charge on any atom is 0.190 e. The van der Waals surface area contributed by atoms with Gasteiger partial charge < -0.3 is 13.9 Å².